The maximum Gasteiger partial charge on any atom is 0.148 e. The first-order valence-electron chi connectivity index (χ1n) is 5.75. The summed E-state index contributed by atoms with van der Waals surface area (Å²) in [7, 11) is 1.65. The van der Waals surface area contributed by atoms with Gasteiger partial charge in [-0.25, -0.2) is 4.39 Å². The lowest BCUT2D eigenvalue weighted by molar-refractivity contribution is 0.210. The van der Waals surface area contributed by atoms with Gasteiger partial charge in [-0.2, -0.15) is 5.10 Å². The monoisotopic (exact) mass is 249 g/mol. The number of methoxy groups -OCH3 is 1. The molecule has 2 aromatic rings. The number of aromatic amines is 1. The lowest BCUT2D eigenvalue weighted by atomic mass is 10.1. The van der Waals surface area contributed by atoms with Gasteiger partial charge in [-0.3, -0.25) is 5.10 Å². The van der Waals surface area contributed by atoms with Crippen LogP contribution < -0.4 is 5.32 Å². The number of aryl methyl sites for hydroxylation is 1. The zero-order chi connectivity index (χ0) is 13.0. The summed E-state index contributed by atoms with van der Waals surface area (Å²) < 4.78 is 18.4. The van der Waals surface area contributed by atoms with Gasteiger partial charge in [-0.05, 0) is 18.6 Å². The number of rotatable bonds is 5. The Kier molecular flexibility index (Phi) is 3.94. The zero-order valence-electron chi connectivity index (χ0n) is 10.5. The van der Waals surface area contributed by atoms with Crippen molar-refractivity contribution in [2.45, 2.75) is 6.92 Å². The van der Waals surface area contributed by atoms with E-state index in [1.165, 1.54) is 6.07 Å². The topological polar surface area (TPSA) is 49.9 Å². The molecule has 0 saturated carbocycles. The smallest absolute Gasteiger partial charge is 0.148 e. The number of anilines is 1. The molecule has 96 valence electrons. The number of halogens is 1. The molecular weight excluding hydrogens is 233 g/mol. The second-order valence-corrected chi connectivity index (χ2v) is 4.05. The van der Waals surface area contributed by atoms with Crippen LogP contribution in [0.5, 0.6) is 0 Å². The minimum absolute atomic E-state index is 0.212. The van der Waals surface area contributed by atoms with Gasteiger partial charge in [0, 0.05) is 25.3 Å². The molecule has 0 fully saturated rings. The quantitative estimate of drug-likeness (QED) is 0.801. The number of aromatic nitrogens is 2. The van der Waals surface area contributed by atoms with Gasteiger partial charge in [0.25, 0.3) is 0 Å². The van der Waals surface area contributed by atoms with Crippen LogP contribution in [-0.4, -0.2) is 30.5 Å². The van der Waals surface area contributed by atoms with Crippen LogP contribution in [0.4, 0.5) is 10.2 Å². The molecule has 0 aliphatic rings. The number of hydrogen-bond acceptors (Lipinski definition) is 3. The zero-order valence-corrected chi connectivity index (χ0v) is 10.5. The van der Waals surface area contributed by atoms with E-state index in [1.807, 2.05) is 12.1 Å². The highest BCUT2D eigenvalue weighted by Gasteiger charge is 2.05. The van der Waals surface area contributed by atoms with E-state index in [4.69, 9.17) is 4.74 Å². The first-order chi connectivity index (χ1) is 8.70. The minimum Gasteiger partial charge on any atom is -0.383 e. The molecule has 0 atom stereocenters. The molecule has 4 nitrogen and oxygen atoms in total. The Morgan fingerprint density at radius 1 is 1.39 bits per heavy atom. The summed E-state index contributed by atoms with van der Waals surface area (Å²) in [4.78, 5) is 0. The highest BCUT2D eigenvalue weighted by Crippen LogP contribution is 2.21. The predicted molar refractivity (Wildman–Crippen MR) is 69.1 cm³/mol. The number of H-pyrrole nitrogens is 1. The van der Waals surface area contributed by atoms with Crippen molar-refractivity contribution in [1.29, 1.82) is 0 Å². The van der Waals surface area contributed by atoms with Crippen molar-refractivity contribution < 1.29 is 9.13 Å². The van der Waals surface area contributed by atoms with Crippen molar-refractivity contribution in [3.05, 3.63) is 35.6 Å². The summed E-state index contributed by atoms with van der Waals surface area (Å²) in [5, 5.41) is 10.1. The normalized spacial score (nSPS) is 10.6. The molecule has 18 heavy (non-hydrogen) atoms. The Balaban J connectivity index is 2.11. The third kappa shape index (κ3) is 2.87. The van der Waals surface area contributed by atoms with Crippen LogP contribution in [-0.2, 0) is 4.74 Å². The summed E-state index contributed by atoms with van der Waals surface area (Å²) in [5.74, 6) is 0.513. The maximum absolute atomic E-state index is 13.5. The van der Waals surface area contributed by atoms with Gasteiger partial charge in [-0.15, -0.1) is 0 Å². The Morgan fingerprint density at radius 2 is 2.22 bits per heavy atom. The van der Waals surface area contributed by atoms with Gasteiger partial charge >= 0.3 is 0 Å². The van der Waals surface area contributed by atoms with E-state index >= 15 is 0 Å². The Bertz CT molecular complexity index is 525. The Hall–Kier alpha value is -1.88. The molecule has 0 unspecified atom stereocenters. The first-order valence-corrected chi connectivity index (χ1v) is 5.75. The third-order valence-corrected chi connectivity index (χ3v) is 2.67. The fourth-order valence-corrected chi connectivity index (χ4v) is 1.60. The van der Waals surface area contributed by atoms with Gasteiger partial charge < -0.3 is 10.1 Å². The Morgan fingerprint density at radius 3 is 2.94 bits per heavy atom. The van der Waals surface area contributed by atoms with E-state index < -0.39 is 0 Å². The number of benzene rings is 1. The number of nitrogens with one attached hydrogen (secondary N) is 2. The summed E-state index contributed by atoms with van der Waals surface area (Å²) >= 11 is 0. The van der Waals surface area contributed by atoms with Crippen LogP contribution in [0.2, 0.25) is 0 Å². The molecule has 1 aromatic heterocycles. The van der Waals surface area contributed by atoms with Gasteiger partial charge in [0.1, 0.15) is 11.6 Å². The molecule has 5 heteroatoms. The molecule has 0 spiro atoms. The third-order valence-electron chi connectivity index (χ3n) is 2.67. The average molecular weight is 249 g/mol. The predicted octanol–water partition coefficient (Wildman–Crippen LogP) is 2.58. The molecular formula is C13H16FN3O. The standard InChI is InChI=1S/C13H16FN3O/c1-9-3-4-10(7-11(9)14)12-8-13(17-16-12)15-5-6-18-2/h3-4,7-8H,5-6H2,1-2H3,(H2,15,16,17). The van der Waals surface area contributed by atoms with Gasteiger partial charge in [0.2, 0.25) is 0 Å². The average Bonchev–Trinajstić information content (AvgIpc) is 2.82. The lowest BCUT2D eigenvalue weighted by Crippen LogP contribution is -2.07. The van der Waals surface area contributed by atoms with Crippen molar-refractivity contribution in [1.82, 2.24) is 10.2 Å². The van der Waals surface area contributed by atoms with Crippen molar-refractivity contribution >= 4 is 5.82 Å². The highest BCUT2D eigenvalue weighted by molar-refractivity contribution is 5.63. The molecule has 0 aliphatic heterocycles. The second kappa shape index (κ2) is 5.64. The van der Waals surface area contributed by atoms with E-state index in [0.29, 0.717) is 18.7 Å². The van der Waals surface area contributed by atoms with E-state index in [2.05, 4.69) is 15.5 Å². The van der Waals surface area contributed by atoms with E-state index in [9.17, 15) is 4.39 Å². The van der Waals surface area contributed by atoms with E-state index in [1.54, 1.807) is 20.1 Å². The van der Waals surface area contributed by atoms with Crippen LogP contribution >= 0.6 is 0 Å². The number of hydrogen-bond donors (Lipinski definition) is 2. The van der Waals surface area contributed by atoms with E-state index in [0.717, 1.165) is 17.1 Å². The lowest BCUT2D eigenvalue weighted by Gasteiger charge is -2.00. The maximum atomic E-state index is 13.5. The van der Waals surface area contributed by atoms with Crippen LogP contribution in [0.1, 0.15) is 5.56 Å². The minimum atomic E-state index is -0.212. The van der Waals surface area contributed by atoms with Crippen LogP contribution in [0.15, 0.2) is 24.3 Å². The summed E-state index contributed by atoms with van der Waals surface area (Å²) in [6.45, 7) is 3.04. The summed E-state index contributed by atoms with van der Waals surface area (Å²) in [6.07, 6.45) is 0. The fourth-order valence-electron chi connectivity index (χ4n) is 1.60. The Labute approximate surface area is 105 Å². The first kappa shape index (κ1) is 12.6. The number of ether oxygens (including phenoxy) is 1. The SMILES string of the molecule is COCCNc1cc(-c2ccc(C)c(F)c2)[nH]n1. The molecule has 0 saturated heterocycles. The van der Waals surface area contributed by atoms with Crippen LogP contribution in [0.3, 0.4) is 0 Å². The van der Waals surface area contributed by atoms with Crippen molar-refractivity contribution in [3.63, 3.8) is 0 Å². The molecule has 2 N–H and O–H groups in total. The molecule has 1 aromatic carbocycles. The summed E-state index contributed by atoms with van der Waals surface area (Å²) in [5.41, 5.74) is 2.20. The van der Waals surface area contributed by atoms with E-state index in [-0.39, 0.29) is 5.82 Å². The fraction of sp³-hybridized carbons (Fsp3) is 0.308. The van der Waals surface area contributed by atoms with Crippen molar-refractivity contribution in [2.75, 3.05) is 25.6 Å². The second-order valence-electron chi connectivity index (χ2n) is 4.05. The highest BCUT2D eigenvalue weighted by atomic mass is 19.1. The molecule has 1 heterocycles. The van der Waals surface area contributed by atoms with Crippen molar-refractivity contribution in [3.8, 4) is 11.3 Å². The largest absolute Gasteiger partial charge is 0.383 e. The molecule has 0 amide bonds. The van der Waals surface area contributed by atoms with Crippen LogP contribution in [0, 0.1) is 12.7 Å². The molecule has 0 aliphatic carbocycles. The molecule has 2 rings (SSSR count). The van der Waals surface area contributed by atoms with Crippen molar-refractivity contribution in [2.24, 2.45) is 0 Å². The van der Waals surface area contributed by atoms with Crippen LogP contribution in [0.25, 0.3) is 11.3 Å². The molecule has 0 bridgehead atoms. The van der Waals surface area contributed by atoms with Gasteiger partial charge in [-0.1, -0.05) is 12.1 Å². The van der Waals surface area contributed by atoms with Gasteiger partial charge in [0.15, 0.2) is 0 Å². The van der Waals surface area contributed by atoms with Gasteiger partial charge in [0.05, 0.1) is 12.3 Å². The number of nitrogens with zero attached hydrogens (tertiary/aromatic N) is 1. The molecule has 0 radical (unpaired) electrons. The summed E-state index contributed by atoms with van der Waals surface area (Å²) in [6, 6.07) is 6.97.